The highest BCUT2D eigenvalue weighted by atomic mass is 35.5. The summed E-state index contributed by atoms with van der Waals surface area (Å²) in [4.78, 5) is 1.52. The van der Waals surface area contributed by atoms with Crippen molar-refractivity contribution in [1.29, 1.82) is 5.26 Å². The molecule has 0 spiro atoms. The zero-order chi connectivity index (χ0) is 14.4. The molecule has 0 radical (unpaired) electrons. The topological polar surface area (TPSA) is 35.8 Å². The molecule has 2 aromatic carbocycles. The maximum Gasteiger partial charge on any atom is 0.101 e. The molecule has 1 aliphatic heterocycles. The first-order valence-corrected chi connectivity index (χ1v) is 7.70. The van der Waals surface area contributed by atoms with Crippen molar-refractivity contribution in [1.82, 2.24) is 0 Å². The van der Waals surface area contributed by atoms with E-state index in [0.29, 0.717) is 37.0 Å². The number of halogens is 4. The number of nitrogens with zero attached hydrogens (tertiary/aromatic N) is 1. The molecule has 0 aliphatic carbocycles. The van der Waals surface area contributed by atoms with Gasteiger partial charge in [0.1, 0.15) is 6.07 Å². The van der Waals surface area contributed by atoms with Crippen LogP contribution in [0.5, 0.6) is 0 Å². The summed E-state index contributed by atoms with van der Waals surface area (Å²) >= 11 is 26.2. The second-order valence-corrected chi connectivity index (χ2v) is 6.62. The molecule has 0 saturated carbocycles. The fourth-order valence-corrected chi connectivity index (χ4v) is 4.07. The third-order valence-corrected chi connectivity index (χ3v) is 5.61. The van der Waals surface area contributed by atoms with Crippen LogP contribution < -0.4 is 5.32 Å². The van der Waals surface area contributed by atoms with Crippen LogP contribution in [0.1, 0.15) is 5.56 Å². The fourth-order valence-electron chi connectivity index (χ4n) is 1.88. The first kappa shape index (κ1) is 14.2. The number of hydrogen-bond acceptors (Lipinski definition) is 3. The Morgan fingerprint density at radius 2 is 1.60 bits per heavy atom. The minimum Gasteiger partial charge on any atom is -0.351 e. The first-order chi connectivity index (χ1) is 9.52. The quantitative estimate of drug-likeness (QED) is 0.504. The summed E-state index contributed by atoms with van der Waals surface area (Å²) < 4.78 is 0. The number of rotatable bonds is 0. The number of benzene rings is 2. The Hall–Kier alpha value is -0.760. The molecule has 2 aromatic rings. The van der Waals surface area contributed by atoms with Crippen LogP contribution in [0.2, 0.25) is 20.1 Å². The Balaban J connectivity index is 2.26. The second-order valence-electron chi connectivity index (χ2n) is 4.00. The Morgan fingerprint density at radius 3 is 2.30 bits per heavy atom. The van der Waals surface area contributed by atoms with Gasteiger partial charge >= 0.3 is 0 Å². The standard InChI is InChI=1S/C13H4Cl4N2S/c14-6-1-2-7(15)12-10(6)19-11-9(17)5(4-18)3-8(16)13(11)20-12/h1-3,19H. The first-order valence-electron chi connectivity index (χ1n) is 5.38. The minimum absolute atomic E-state index is 0.310. The van der Waals surface area contributed by atoms with Crippen LogP contribution in [0.15, 0.2) is 28.0 Å². The van der Waals surface area contributed by atoms with E-state index in [0.717, 1.165) is 9.79 Å². The lowest BCUT2D eigenvalue weighted by Gasteiger charge is -2.24. The number of fused-ring (bicyclic) bond motifs is 2. The Labute approximate surface area is 139 Å². The molecule has 100 valence electrons. The molecule has 0 unspecified atom stereocenters. The van der Waals surface area contributed by atoms with Crippen molar-refractivity contribution in [2.45, 2.75) is 9.79 Å². The van der Waals surface area contributed by atoms with E-state index in [9.17, 15) is 0 Å². The SMILES string of the molecule is N#Cc1cc(Cl)c2c(c1Cl)Nc1c(Cl)ccc(Cl)c1S2. The number of nitriles is 1. The van der Waals surface area contributed by atoms with Crippen LogP contribution in [0.4, 0.5) is 11.4 Å². The molecule has 20 heavy (non-hydrogen) atoms. The van der Waals surface area contributed by atoms with Gasteiger partial charge in [-0.15, -0.1) is 0 Å². The summed E-state index contributed by atoms with van der Waals surface area (Å²) in [6.07, 6.45) is 0. The van der Waals surface area contributed by atoms with Crippen LogP contribution in [0.25, 0.3) is 0 Å². The number of nitrogens with one attached hydrogen (secondary N) is 1. The molecule has 0 aromatic heterocycles. The van der Waals surface area contributed by atoms with Crippen LogP contribution in [0, 0.1) is 11.3 Å². The maximum absolute atomic E-state index is 9.06. The monoisotopic (exact) mass is 360 g/mol. The molecule has 0 saturated heterocycles. The molecule has 3 rings (SSSR count). The van der Waals surface area contributed by atoms with E-state index in [1.807, 2.05) is 6.07 Å². The predicted molar refractivity (Wildman–Crippen MR) is 85.0 cm³/mol. The van der Waals surface area contributed by atoms with Crippen molar-refractivity contribution in [3.05, 3.63) is 43.9 Å². The highest BCUT2D eigenvalue weighted by molar-refractivity contribution is 8.00. The van der Waals surface area contributed by atoms with Gasteiger partial charge in [0.05, 0.1) is 46.8 Å². The molecule has 1 heterocycles. The van der Waals surface area contributed by atoms with Crippen molar-refractivity contribution < 1.29 is 0 Å². The lowest BCUT2D eigenvalue weighted by molar-refractivity contribution is 1.30. The molecular formula is C13H4Cl4N2S. The molecule has 0 bridgehead atoms. The minimum atomic E-state index is 0.310. The van der Waals surface area contributed by atoms with E-state index in [1.165, 1.54) is 11.8 Å². The van der Waals surface area contributed by atoms with E-state index < -0.39 is 0 Å². The molecular weight excluding hydrogens is 358 g/mol. The van der Waals surface area contributed by atoms with Gasteiger partial charge in [-0.3, -0.25) is 0 Å². The Kier molecular flexibility index (Phi) is 3.70. The Bertz CT molecular complexity index is 783. The van der Waals surface area contributed by atoms with Crippen molar-refractivity contribution in [3.8, 4) is 6.07 Å². The van der Waals surface area contributed by atoms with E-state index in [2.05, 4.69) is 5.32 Å². The van der Waals surface area contributed by atoms with Gasteiger partial charge in [0.15, 0.2) is 0 Å². The average molecular weight is 362 g/mol. The van der Waals surface area contributed by atoms with Crippen LogP contribution in [0.3, 0.4) is 0 Å². The van der Waals surface area contributed by atoms with Crippen LogP contribution in [-0.2, 0) is 0 Å². The molecule has 1 N–H and O–H groups in total. The van der Waals surface area contributed by atoms with Gasteiger partial charge in [-0.25, -0.2) is 0 Å². The number of anilines is 2. The predicted octanol–water partition coefficient (Wildman–Crippen LogP) is 6.38. The van der Waals surface area contributed by atoms with Gasteiger partial charge in [0.25, 0.3) is 0 Å². The molecule has 1 aliphatic rings. The molecule has 0 amide bonds. The highest BCUT2D eigenvalue weighted by Gasteiger charge is 2.26. The summed E-state index contributed by atoms with van der Waals surface area (Å²) in [5.74, 6) is 0. The highest BCUT2D eigenvalue weighted by Crippen LogP contribution is 2.54. The zero-order valence-electron chi connectivity index (χ0n) is 9.60. The van der Waals surface area contributed by atoms with E-state index in [-0.39, 0.29) is 0 Å². The second kappa shape index (κ2) is 5.22. The summed E-state index contributed by atoms with van der Waals surface area (Å²) in [6.45, 7) is 0. The van der Waals surface area contributed by atoms with Crippen molar-refractivity contribution >= 4 is 69.5 Å². The third-order valence-electron chi connectivity index (χ3n) is 2.80. The Morgan fingerprint density at radius 1 is 0.950 bits per heavy atom. The van der Waals surface area contributed by atoms with Gasteiger partial charge in [-0.1, -0.05) is 58.2 Å². The smallest absolute Gasteiger partial charge is 0.101 e. The maximum atomic E-state index is 9.06. The lowest BCUT2D eigenvalue weighted by atomic mass is 10.2. The van der Waals surface area contributed by atoms with Gasteiger partial charge < -0.3 is 5.32 Å². The van der Waals surface area contributed by atoms with Crippen molar-refractivity contribution in [2.75, 3.05) is 5.32 Å². The number of hydrogen-bond donors (Lipinski definition) is 1. The largest absolute Gasteiger partial charge is 0.351 e. The zero-order valence-corrected chi connectivity index (χ0v) is 13.4. The van der Waals surface area contributed by atoms with E-state index >= 15 is 0 Å². The van der Waals surface area contributed by atoms with Crippen molar-refractivity contribution in [3.63, 3.8) is 0 Å². The third kappa shape index (κ3) is 2.13. The van der Waals surface area contributed by atoms with Gasteiger partial charge in [-0.05, 0) is 18.2 Å². The van der Waals surface area contributed by atoms with Crippen LogP contribution >= 0.6 is 58.2 Å². The normalized spacial score (nSPS) is 12.2. The van der Waals surface area contributed by atoms with E-state index in [4.69, 9.17) is 51.7 Å². The molecule has 2 nitrogen and oxygen atoms in total. The molecule has 0 fully saturated rings. The molecule has 7 heteroatoms. The fraction of sp³-hybridized carbons (Fsp3) is 0. The lowest BCUT2D eigenvalue weighted by Crippen LogP contribution is -2.03. The van der Waals surface area contributed by atoms with Gasteiger partial charge in [0, 0.05) is 0 Å². The summed E-state index contributed by atoms with van der Waals surface area (Å²) in [6, 6.07) is 6.98. The summed E-state index contributed by atoms with van der Waals surface area (Å²) in [5.41, 5.74) is 1.56. The van der Waals surface area contributed by atoms with Gasteiger partial charge in [0.2, 0.25) is 0 Å². The van der Waals surface area contributed by atoms with E-state index in [1.54, 1.807) is 18.2 Å². The van der Waals surface area contributed by atoms with Gasteiger partial charge in [-0.2, -0.15) is 5.26 Å². The summed E-state index contributed by atoms with van der Waals surface area (Å²) in [5, 5.41) is 14.1. The molecule has 0 atom stereocenters. The average Bonchev–Trinajstić information content (AvgIpc) is 2.45. The van der Waals surface area contributed by atoms with Crippen LogP contribution in [-0.4, -0.2) is 0 Å². The summed E-state index contributed by atoms with van der Waals surface area (Å²) in [7, 11) is 0. The van der Waals surface area contributed by atoms with Crippen molar-refractivity contribution in [2.24, 2.45) is 0 Å².